The number of halogens is 2. The summed E-state index contributed by atoms with van der Waals surface area (Å²) < 4.78 is 24.0. The molecule has 0 spiro atoms. The number of hydrogen-bond acceptors (Lipinski definition) is 7. The van der Waals surface area contributed by atoms with Crippen LogP contribution in [0.25, 0.3) is 0 Å². The fourth-order valence-electron chi connectivity index (χ4n) is 2.45. The van der Waals surface area contributed by atoms with E-state index in [1.807, 2.05) is 125 Å². The summed E-state index contributed by atoms with van der Waals surface area (Å²) in [5.41, 5.74) is -0.159. The molecule has 0 aromatic carbocycles. The minimum Gasteiger partial charge on any atom is -0.300 e. The Morgan fingerprint density at radius 2 is 0.611 bits per heavy atom. The lowest BCUT2D eigenvalue weighted by atomic mass is 9.85. The van der Waals surface area contributed by atoms with Crippen LogP contribution in [0.15, 0.2) is 0 Å². The normalized spacial score (nSPS) is 10.0. The van der Waals surface area contributed by atoms with Crippen molar-refractivity contribution in [1.82, 2.24) is 0 Å². The van der Waals surface area contributed by atoms with Crippen LogP contribution >= 0.6 is 0 Å². The molecule has 54 heavy (non-hydrogen) atoms. The summed E-state index contributed by atoms with van der Waals surface area (Å²) in [6.07, 6.45) is 0.678. The highest BCUT2D eigenvalue weighted by molar-refractivity contribution is 5.87. The third kappa shape index (κ3) is 61.6. The van der Waals surface area contributed by atoms with Crippen molar-refractivity contribution in [3.05, 3.63) is 0 Å². The first-order valence-corrected chi connectivity index (χ1v) is 18.4. The van der Waals surface area contributed by atoms with E-state index in [1.54, 1.807) is 20.8 Å². The van der Waals surface area contributed by atoms with Gasteiger partial charge in [-0.25, -0.2) is 0 Å². The molecule has 9 heteroatoms. The van der Waals surface area contributed by atoms with Crippen LogP contribution in [0.4, 0.5) is 8.78 Å². The van der Waals surface area contributed by atoms with Gasteiger partial charge in [-0.2, -0.15) is 8.78 Å². The maximum atomic E-state index is 12.0. The van der Waals surface area contributed by atoms with Gasteiger partial charge in [-0.1, -0.05) is 161 Å². The zero-order chi connectivity index (χ0) is 43.4. The monoisotopic (exact) mass is 785 g/mol. The van der Waals surface area contributed by atoms with Crippen LogP contribution in [-0.2, 0) is 33.6 Å². The van der Waals surface area contributed by atoms with Crippen molar-refractivity contribution in [3.8, 4) is 0 Å². The second-order valence-electron chi connectivity index (χ2n) is 16.2. The summed E-state index contributed by atoms with van der Waals surface area (Å²) in [7, 11) is 0. The zero-order valence-electron chi connectivity index (χ0n) is 37.4. The standard InChI is InChI=1S/C8H16O.C7H14O.C6H10F2O.C6H12O.3C5H10O.3CH4/c1-6(2)7(9)8(3,4)5;1-5(2)7(8)6(3)4;1-4(2)5(9)6(3,7)8;1-4-6(7)5(2)3;3*1-4(2)5(3)6;;;/h6H,1-5H3;5-6H,1-4H3;4H,1-3H3;5H,4H2,1-3H3;3*4H,1-3H3;3*1H4. The van der Waals surface area contributed by atoms with Crippen LogP contribution in [0, 0.1) is 52.8 Å². The first kappa shape index (κ1) is 76.3. The number of Topliss-reactive ketones (excluding diaryl/α,β-unsaturated/α-hetero) is 7. The summed E-state index contributed by atoms with van der Waals surface area (Å²) >= 11 is 0. The summed E-state index contributed by atoms with van der Waals surface area (Å²) in [5, 5.41) is 0. The van der Waals surface area contributed by atoms with Gasteiger partial charge in [0.1, 0.15) is 34.7 Å². The van der Waals surface area contributed by atoms with Gasteiger partial charge >= 0.3 is 5.92 Å². The van der Waals surface area contributed by atoms with Gasteiger partial charge in [0.25, 0.3) is 0 Å². The Hall–Kier alpha value is -2.45. The lowest BCUT2D eigenvalue weighted by molar-refractivity contribution is -0.143. The van der Waals surface area contributed by atoms with Crippen LogP contribution < -0.4 is 0 Å². The van der Waals surface area contributed by atoms with Crippen molar-refractivity contribution in [3.63, 3.8) is 0 Å². The maximum absolute atomic E-state index is 12.0. The van der Waals surface area contributed by atoms with Gasteiger partial charge in [-0.05, 0) is 20.8 Å². The average Bonchev–Trinajstić information content (AvgIpc) is 2.95. The molecule has 0 saturated heterocycles. The minimum absolute atomic E-state index is 0. The van der Waals surface area contributed by atoms with E-state index in [9.17, 15) is 42.3 Å². The van der Waals surface area contributed by atoms with Crippen molar-refractivity contribution in [2.24, 2.45) is 52.8 Å². The Morgan fingerprint density at radius 3 is 0.611 bits per heavy atom. The molecule has 0 heterocycles. The second kappa shape index (κ2) is 40.2. The third-order valence-corrected chi connectivity index (χ3v) is 6.79. The van der Waals surface area contributed by atoms with Gasteiger partial charge in [0.2, 0.25) is 5.78 Å². The van der Waals surface area contributed by atoms with Crippen LogP contribution in [0.5, 0.6) is 0 Å². The smallest absolute Gasteiger partial charge is 0.300 e. The van der Waals surface area contributed by atoms with Crippen molar-refractivity contribution in [2.75, 3.05) is 0 Å². The topological polar surface area (TPSA) is 119 Å². The molecule has 0 saturated carbocycles. The molecular weight excluding hydrogens is 690 g/mol. The molecule has 7 nitrogen and oxygen atoms in total. The van der Waals surface area contributed by atoms with E-state index in [0.717, 1.165) is 0 Å². The maximum Gasteiger partial charge on any atom is 0.302 e. The molecule has 0 rings (SSSR count). The first-order valence-electron chi connectivity index (χ1n) is 18.4. The number of rotatable bonds is 10. The lowest BCUT2D eigenvalue weighted by Crippen LogP contribution is -2.28. The highest BCUT2D eigenvalue weighted by Gasteiger charge is 2.33. The van der Waals surface area contributed by atoms with E-state index in [4.69, 9.17) is 0 Å². The molecule has 0 aliphatic rings. The van der Waals surface area contributed by atoms with Crippen LogP contribution in [0.2, 0.25) is 0 Å². The molecule has 0 atom stereocenters. The zero-order valence-corrected chi connectivity index (χ0v) is 37.4. The second-order valence-corrected chi connectivity index (χ2v) is 16.2. The fourth-order valence-corrected chi connectivity index (χ4v) is 2.45. The molecule has 0 aromatic rings. The fraction of sp³-hybridized carbons (Fsp3) is 0.844. The van der Waals surface area contributed by atoms with Gasteiger partial charge < -0.3 is 0 Å². The van der Waals surface area contributed by atoms with Crippen molar-refractivity contribution < 1.29 is 42.3 Å². The Kier molecular flexibility index (Phi) is 56.8. The number of carbonyl (C=O) groups is 7. The van der Waals surface area contributed by atoms with E-state index in [-0.39, 0.29) is 86.5 Å². The van der Waals surface area contributed by atoms with Gasteiger partial charge in [0.15, 0.2) is 0 Å². The Bertz CT molecular complexity index is 892. The molecule has 0 N–H and O–H groups in total. The number of ketones is 7. The Balaban J connectivity index is -0.0000000521. The van der Waals surface area contributed by atoms with E-state index >= 15 is 0 Å². The highest BCUT2D eigenvalue weighted by Crippen LogP contribution is 2.19. The highest BCUT2D eigenvalue weighted by atomic mass is 19.3. The number of hydrogen-bond donors (Lipinski definition) is 0. The Labute approximate surface area is 335 Å². The molecule has 0 aliphatic carbocycles. The molecule has 0 aliphatic heterocycles. The molecule has 0 fully saturated rings. The third-order valence-electron chi connectivity index (χ3n) is 6.79. The van der Waals surface area contributed by atoms with Gasteiger partial charge in [-0.3, -0.25) is 33.6 Å². The van der Waals surface area contributed by atoms with Crippen LogP contribution in [0.3, 0.4) is 0 Å². The average molecular weight is 785 g/mol. The van der Waals surface area contributed by atoms with Crippen molar-refractivity contribution in [1.29, 1.82) is 0 Å². The van der Waals surface area contributed by atoms with Gasteiger partial charge in [0, 0.05) is 66.1 Å². The van der Waals surface area contributed by atoms with E-state index in [2.05, 4.69) is 0 Å². The summed E-state index contributed by atoms with van der Waals surface area (Å²) in [6.45, 7) is 42.9. The van der Waals surface area contributed by atoms with Gasteiger partial charge in [-0.15, -0.1) is 0 Å². The van der Waals surface area contributed by atoms with Crippen LogP contribution in [0.1, 0.15) is 195 Å². The lowest BCUT2D eigenvalue weighted by Gasteiger charge is -2.18. The summed E-state index contributed by atoms with van der Waals surface area (Å²) in [4.78, 5) is 73.4. The van der Waals surface area contributed by atoms with E-state index < -0.39 is 17.6 Å². The minimum atomic E-state index is -3.16. The van der Waals surface area contributed by atoms with Gasteiger partial charge in [0.05, 0.1) is 0 Å². The molecule has 0 radical (unpaired) electrons. The van der Waals surface area contributed by atoms with Crippen LogP contribution in [-0.4, -0.2) is 46.4 Å². The molecule has 0 bridgehead atoms. The van der Waals surface area contributed by atoms with Crippen molar-refractivity contribution in [2.45, 2.75) is 201 Å². The first-order chi connectivity index (χ1) is 22.4. The molecule has 330 valence electrons. The summed E-state index contributed by atoms with van der Waals surface area (Å²) in [6, 6.07) is 0. The molecule has 0 amide bonds. The predicted molar refractivity (Wildman–Crippen MR) is 231 cm³/mol. The number of alkyl halides is 2. The molecular formula is C45H94F2O7. The Morgan fingerprint density at radius 1 is 0.407 bits per heavy atom. The van der Waals surface area contributed by atoms with E-state index in [1.165, 1.54) is 13.8 Å². The SMILES string of the molecule is C.C.C.CC(=O)C(C)C.CC(=O)C(C)C.CC(=O)C(C)C.CC(C)C(=O)C(C)(C)C.CC(C)C(=O)C(C)(F)F.CC(C)C(=O)C(C)C.CCC(=O)C(C)C. The molecule has 0 aromatic heterocycles. The van der Waals surface area contributed by atoms with Crippen molar-refractivity contribution >= 4 is 40.5 Å². The number of carbonyl (C=O) groups excluding carboxylic acids is 7. The van der Waals surface area contributed by atoms with E-state index in [0.29, 0.717) is 30.7 Å². The largest absolute Gasteiger partial charge is 0.302 e. The molecule has 0 unspecified atom stereocenters. The quantitative estimate of drug-likeness (QED) is 0.216. The predicted octanol–water partition coefficient (Wildman–Crippen LogP) is 13.2. The summed E-state index contributed by atoms with van der Waals surface area (Å²) in [5.74, 6) is -1.48.